The molecule has 0 aliphatic carbocycles. The van der Waals surface area contributed by atoms with Crippen molar-refractivity contribution < 1.29 is 27.5 Å². The third-order valence-electron chi connectivity index (χ3n) is 3.29. The van der Waals surface area contributed by atoms with E-state index in [4.69, 9.17) is 9.52 Å². The van der Waals surface area contributed by atoms with Crippen molar-refractivity contribution in [1.29, 1.82) is 0 Å². The lowest BCUT2D eigenvalue weighted by Gasteiger charge is -2.25. The zero-order valence-corrected chi connectivity index (χ0v) is 14.7. The largest absolute Gasteiger partial charge is 0.481 e. The van der Waals surface area contributed by atoms with Crippen molar-refractivity contribution in [3.8, 4) is 0 Å². The van der Waals surface area contributed by atoms with Crippen molar-refractivity contribution in [2.75, 3.05) is 20.6 Å². The van der Waals surface area contributed by atoms with Gasteiger partial charge in [0.25, 0.3) is 5.91 Å². The van der Waals surface area contributed by atoms with Crippen LogP contribution >= 0.6 is 0 Å². The number of amides is 1. The van der Waals surface area contributed by atoms with Crippen molar-refractivity contribution >= 4 is 21.9 Å². The number of carbonyl (C=O) groups is 2. The summed E-state index contributed by atoms with van der Waals surface area (Å²) >= 11 is 0. The summed E-state index contributed by atoms with van der Waals surface area (Å²) in [7, 11) is -0.946. The maximum Gasteiger partial charge on any atom is 0.305 e. The highest BCUT2D eigenvalue weighted by atomic mass is 32.2. The van der Waals surface area contributed by atoms with Crippen LogP contribution in [0, 0.1) is 6.92 Å². The van der Waals surface area contributed by atoms with Crippen molar-refractivity contribution in [2.24, 2.45) is 0 Å². The van der Waals surface area contributed by atoms with Gasteiger partial charge in [0.15, 0.2) is 5.76 Å². The smallest absolute Gasteiger partial charge is 0.305 e. The van der Waals surface area contributed by atoms with Gasteiger partial charge in [-0.3, -0.25) is 9.59 Å². The summed E-state index contributed by atoms with van der Waals surface area (Å²) in [5, 5.41) is 8.77. The van der Waals surface area contributed by atoms with Gasteiger partial charge in [-0.05, 0) is 20.8 Å². The zero-order chi connectivity index (χ0) is 17.9. The molecule has 0 unspecified atom stereocenters. The van der Waals surface area contributed by atoms with Crippen LogP contribution in [0.4, 0.5) is 0 Å². The van der Waals surface area contributed by atoms with Gasteiger partial charge in [-0.15, -0.1) is 0 Å². The van der Waals surface area contributed by atoms with Gasteiger partial charge >= 0.3 is 5.97 Å². The summed E-state index contributed by atoms with van der Waals surface area (Å²) in [5.41, 5.74) is 0. The Labute approximate surface area is 135 Å². The monoisotopic (exact) mass is 346 g/mol. The highest BCUT2D eigenvalue weighted by Gasteiger charge is 2.28. The molecule has 1 heterocycles. The maximum absolute atomic E-state index is 12.5. The molecule has 0 atom stereocenters. The van der Waals surface area contributed by atoms with E-state index in [9.17, 15) is 18.0 Å². The third kappa shape index (κ3) is 4.32. The molecular formula is C14H22N2O6S. The van der Waals surface area contributed by atoms with Crippen LogP contribution in [0.25, 0.3) is 0 Å². The Morgan fingerprint density at radius 3 is 2.30 bits per heavy atom. The molecule has 1 amide bonds. The Kier molecular flexibility index (Phi) is 5.95. The first kappa shape index (κ1) is 19.2. The Morgan fingerprint density at radius 2 is 1.87 bits per heavy atom. The van der Waals surface area contributed by atoms with Crippen LogP contribution in [-0.4, -0.2) is 61.3 Å². The minimum atomic E-state index is -3.72. The van der Waals surface area contributed by atoms with Crippen molar-refractivity contribution in [2.45, 2.75) is 38.1 Å². The molecule has 0 aromatic carbocycles. The number of aliphatic carboxylic acids is 1. The highest BCUT2D eigenvalue weighted by molar-refractivity contribution is 7.89. The van der Waals surface area contributed by atoms with Crippen LogP contribution in [0.3, 0.4) is 0 Å². The first-order valence-electron chi connectivity index (χ1n) is 7.04. The highest BCUT2D eigenvalue weighted by Crippen LogP contribution is 2.23. The van der Waals surface area contributed by atoms with Crippen LogP contribution < -0.4 is 0 Å². The van der Waals surface area contributed by atoms with E-state index in [1.165, 1.54) is 32.0 Å². The Hall–Kier alpha value is -1.87. The third-order valence-corrected chi connectivity index (χ3v) is 5.21. The van der Waals surface area contributed by atoms with E-state index >= 15 is 0 Å². The number of aryl methyl sites for hydroxylation is 1. The van der Waals surface area contributed by atoms with E-state index < -0.39 is 21.9 Å². The van der Waals surface area contributed by atoms with Crippen LogP contribution in [0.1, 0.15) is 36.6 Å². The van der Waals surface area contributed by atoms with E-state index in [0.29, 0.717) is 0 Å². The first-order valence-corrected chi connectivity index (χ1v) is 8.48. The van der Waals surface area contributed by atoms with Gasteiger partial charge in [0.05, 0.1) is 6.42 Å². The van der Waals surface area contributed by atoms with Gasteiger partial charge in [0.1, 0.15) is 10.7 Å². The molecule has 1 rings (SSSR count). The summed E-state index contributed by atoms with van der Waals surface area (Å²) in [6.45, 7) is 4.96. The van der Waals surface area contributed by atoms with Crippen molar-refractivity contribution in [1.82, 2.24) is 9.21 Å². The quantitative estimate of drug-likeness (QED) is 0.794. The fourth-order valence-electron chi connectivity index (χ4n) is 1.98. The van der Waals surface area contributed by atoms with E-state index in [1.54, 1.807) is 13.8 Å². The molecule has 1 aromatic rings. The fourth-order valence-corrected chi connectivity index (χ4v) is 3.03. The van der Waals surface area contributed by atoms with Gasteiger partial charge in [-0.1, -0.05) is 0 Å². The van der Waals surface area contributed by atoms with Crippen LogP contribution in [0.15, 0.2) is 15.4 Å². The van der Waals surface area contributed by atoms with Gasteiger partial charge in [0.2, 0.25) is 10.0 Å². The predicted molar refractivity (Wildman–Crippen MR) is 82.7 cm³/mol. The molecule has 130 valence electrons. The number of nitrogens with zero attached hydrogens (tertiary/aromatic N) is 2. The second-order valence-electron chi connectivity index (χ2n) is 5.55. The van der Waals surface area contributed by atoms with Crippen LogP contribution in [0.5, 0.6) is 0 Å². The zero-order valence-electron chi connectivity index (χ0n) is 13.9. The molecule has 8 nitrogen and oxygen atoms in total. The molecular weight excluding hydrogens is 324 g/mol. The van der Waals surface area contributed by atoms with E-state index in [2.05, 4.69) is 0 Å². The topological polar surface area (TPSA) is 108 Å². The summed E-state index contributed by atoms with van der Waals surface area (Å²) in [6, 6.07) is 0.935. The lowest BCUT2D eigenvalue weighted by atomic mass is 10.2. The summed E-state index contributed by atoms with van der Waals surface area (Å²) in [4.78, 5) is 24.5. The molecule has 0 aliphatic rings. The van der Waals surface area contributed by atoms with Crippen LogP contribution in [0.2, 0.25) is 0 Å². The Bertz CT molecular complexity index is 690. The number of carboxylic acids is 1. The maximum atomic E-state index is 12.5. The minimum absolute atomic E-state index is 0.0152. The molecule has 9 heteroatoms. The van der Waals surface area contributed by atoms with E-state index in [-0.39, 0.29) is 35.4 Å². The summed E-state index contributed by atoms with van der Waals surface area (Å²) < 4.78 is 30.7. The number of rotatable bonds is 7. The summed E-state index contributed by atoms with van der Waals surface area (Å²) in [5.74, 6) is -1.56. The van der Waals surface area contributed by atoms with Crippen molar-refractivity contribution in [3.63, 3.8) is 0 Å². The first-order chi connectivity index (χ1) is 10.5. The Morgan fingerprint density at radius 1 is 1.30 bits per heavy atom. The number of sulfonamides is 1. The standard InChI is InChI=1S/C14H22N2O6S/c1-9(2)16(7-6-13(17)18)14(19)11-8-12(10(3)22-11)23(20,21)15(4)5/h8-9H,6-7H2,1-5H3,(H,17,18). The van der Waals surface area contributed by atoms with Crippen molar-refractivity contribution in [3.05, 3.63) is 17.6 Å². The fraction of sp³-hybridized carbons (Fsp3) is 0.571. The molecule has 23 heavy (non-hydrogen) atoms. The number of carbonyl (C=O) groups excluding carboxylic acids is 1. The second kappa shape index (κ2) is 7.14. The molecule has 0 bridgehead atoms. The van der Waals surface area contributed by atoms with Gasteiger partial charge < -0.3 is 14.4 Å². The molecule has 0 radical (unpaired) electrons. The number of carboxylic acid groups (broad SMARTS) is 1. The minimum Gasteiger partial charge on any atom is -0.481 e. The van der Waals surface area contributed by atoms with Gasteiger partial charge in [0, 0.05) is 32.7 Å². The van der Waals surface area contributed by atoms with E-state index in [1.807, 2.05) is 0 Å². The van der Waals surface area contributed by atoms with Gasteiger partial charge in [-0.2, -0.15) is 0 Å². The molecule has 0 aliphatic heterocycles. The lowest BCUT2D eigenvalue weighted by molar-refractivity contribution is -0.137. The van der Waals surface area contributed by atoms with Crippen LogP contribution in [-0.2, 0) is 14.8 Å². The average molecular weight is 346 g/mol. The number of furan rings is 1. The molecule has 1 N–H and O–H groups in total. The van der Waals surface area contributed by atoms with E-state index in [0.717, 1.165) is 4.31 Å². The Balaban J connectivity index is 3.15. The summed E-state index contributed by atoms with van der Waals surface area (Å²) in [6.07, 6.45) is -0.202. The normalized spacial score (nSPS) is 12.0. The predicted octanol–water partition coefficient (Wildman–Crippen LogP) is 1.16. The van der Waals surface area contributed by atoms with Gasteiger partial charge in [-0.25, -0.2) is 12.7 Å². The molecule has 0 spiro atoms. The SMILES string of the molecule is Cc1oc(C(=O)N(CCC(=O)O)C(C)C)cc1S(=O)(=O)N(C)C. The molecule has 0 saturated carbocycles. The average Bonchev–Trinajstić information content (AvgIpc) is 2.80. The second-order valence-corrected chi connectivity index (χ2v) is 7.67. The molecule has 0 fully saturated rings. The number of hydrogen-bond acceptors (Lipinski definition) is 5. The molecule has 0 saturated heterocycles. The number of hydrogen-bond donors (Lipinski definition) is 1. The molecule has 1 aromatic heterocycles. The lowest BCUT2D eigenvalue weighted by Crippen LogP contribution is -2.38.